The SMILES string of the molecule is O=S(=O)([C-]=Cc1ccccc1)c1ccccc1.[Br-].[Mg+2]. The summed E-state index contributed by atoms with van der Waals surface area (Å²) in [6.07, 6.45) is 1.47. The van der Waals surface area contributed by atoms with Gasteiger partial charge in [0.15, 0.2) is 0 Å². The Morgan fingerprint density at radius 3 is 1.84 bits per heavy atom. The first-order valence-corrected chi connectivity index (χ1v) is 6.62. The first-order chi connectivity index (χ1) is 8.18. The van der Waals surface area contributed by atoms with Crippen molar-refractivity contribution >= 4 is 39.0 Å². The molecule has 0 fully saturated rings. The van der Waals surface area contributed by atoms with Crippen molar-refractivity contribution in [2.75, 3.05) is 0 Å². The van der Waals surface area contributed by atoms with Gasteiger partial charge in [-0.1, -0.05) is 36.4 Å². The molecule has 0 bridgehead atoms. The van der Waals surface area contributed by atoms with Crippen LogP contribution < -0.4 is 17.0 Å². The molecule has 0 saturated carbocycles. The topological polar surface area (TPSA) is 34.1 Å². The van der Waals surface area contributed by atoms with E-state index in [-0.39, 0.29) is 44.9 Å². The van der Waals surface area contributed by atoms with Gasteiger partial charge < -0.3 is 17.0 Å². The molecule has 0 saturated heterocycles. The fourth-order valence-electron chi connectivity index (χ4n) is 1.36. The monoisotopic (exact) mass is 346 g/mol. The molecule has 0 unspecified atom stereocenters. The average molecular weight is 348 g/mol. The standard InChI is InChI=1S/C14H11O2S.BrH.Mg/c15-17(16,14-9-5-2-6-10-14)12-11-13-7-3-1-4-8-13;;/h1-11H;1H;/q-1;;+2/p-1. The minimum atomic E-state index is -3.46. The van der Waals surface area contributed by atoms with Gasteiger partial charge in [0.2, 0.25) is 0 Å². The maximum absolute atomic E-state index is 11.9. The van der Waals surface area contributed by atoms with Crippen LogP contribution in [0.4, 0.5) is 0 Å². The summed E-state index contributed by atoms with van der Waals surface area (Å²) in [6, 6.07) is 17.5. The van der Waals surface area contributed by atoms with Crippen molar-refractivity contribution in [2.24, 2.45) is 0 Å². The van der Waals surface area contributed by atoms with Crippen LogP contribution in [0, 0.1) is 5.41 Å². The van der Waals surface area contributed by atoms with Crippen molar-refractivity contribution in [1.29, 1.82) is 0 Å². The molecular weight excluding hydrogens is 336 g/mol. The van der Waals surface area contributed by atoms with E-state index in [0.29, 0.717) is 0 Å². The number of hydrogen-bond donors (Lipinski definition) is 0. The third-order valence-electron chi connectivity index (χ3n) is 2.23. The van der Waals surface area contributed by atoms with Crippen LogP contribution in [0.15, 0.2) is 65.6 Å². The summed E-state index contributed by atoms with van der Waals surface area (Å²) in [5.41, 5.74) is 0.812. The Morgan fingerprint density at radius 2 is 1.32 bits per heavy atom. The van der Waals surface area contributed by atoms with Crippen molar-refractivity contribution in [3.05, 3.63) is 71.6 Å². The Balaban J connectivity index is 0.00000162. The molecule has 0 aliphatic carbocycles. The summed E-state index contributed by atoms with van der Waals surface area (Å²) in [5.74, 6) is 0. The first-order valence-electron chi connectivity index (χ1n) is 5.14. The molecular formula is C14H11BrMgO2S. The van der Waals surface area contributed by atoms with Gasteiger partial charge in [-0.25, -0.2) is 14.5 Å². The predicted octanol–water partition coefficient (Wildman–Crippen LogP) is -0.442. The van der Waals surface area contributed by atoms with E-state index in [1.165, 1.54) is 6.08 Å². The van der Waals surface area contributed by atoms with Gasteiger partial charge in [0.25, 0.3) is 0 Å². The van der Waals surface area contributed by atoms with Crippen LogP contribution in [-0.2, 0) is 9.84 Å². The molecule has 2 rings (SSSR count). The van der Waals surface area contributed by atoms with Crippen LogP contribution in [0.5, 0.6) is 0 Å². The molecule has 0 radical (unpaired) electrons. The molecule has 2 aromatic rings. The molecule has 0 aliphatic rings. The zero-order valence-electron chi connectivity index (χ0n) is 10.2. The minimum absolute atomic E-state index is 0. The Morgan fingerprint density at radius 1 is 0.842 bits per heavy atom. The van der Waals surface area contributed by atoms with Crippen LogP contribution in [0.1, 0.15) is 5.56 Å². The number of sulfone groups is 1. The van der Waals surface area contributed by atoms with E-state index in [1.54, 1.807) is 30.3 Å². The fourth-order valence-corrected chi connectivity index (χ4v) is 2.31. The second-order valence-electron chi connectivity index (χ2n) is 3.49. The second-order valence-corrected chi connectivity index (χ2v) is 5.20. The Labute approximate surface area is 140 Å². The van der Waals surface area contributed by atoms with Crippen LogP contribution in [-0.4, -0.2) is 31.5 Å². The predicted molar refractivity (Wildman–Crippen MR) is 73.5 cm³/mol. The maximum atomic E-state index is 11.9. The van der Waals surface area contributed by atoms with Gasteiger partial charge in [-0.05, 0) is 12.1 Å². The summed E-state index contributed by atoms with van der Waals surface area (Å²) in [6.45, 7) is 0. The molecule has 2 nitrogen and oxygen atoms in total. The fraction of sp³-hybridized carbons (Fsp3) is 0. The third kappa shape index (κ3) is 5.48. The third-order valence-corrected chi connectivity index (χ3v) is 3.55. The van der Waals surface area contributed by atoms with Crippen LogP contribution in [0.25, 0.3) is 6.08 Å². The summed E-state index contributed by atoms with van der Waals surface area (Å²) >= 11 is 0. The van der Waals surface area contributed by atoms with E-state index in [0.717, 1.165) is 5.56 Å². The zero-order valence-corrected chi connectivity index (χ0v) is 14.0. The van der Waals surface area contributed by atoms with E-state index in [4.69, 9.17) is 0 Å². The van der Waals surface area contributed by atoms with E-state index in [1.807, 2.05) is 30.3 Å². The molecule has 0 aliphatic heterocycles. The molecule has 0 aromatic heterocycles. The van der Waals surface area contributed by atoms with Gasteiger partial charge in [0, 0.05) is 0 Å². The van der Waals surface area contributed by atoms with Crippen molar-refractivity contribution in [2.45, 2.75) is 4.90 Å². The van der Waals surface area contributed by atoms with Crippen molar-refractivity contribution in [3.63, 3.8) is 0 Å². The number of halogens is 1. The summed E-state index contributed by atoms with van der Waals surface area (Å²) < 4.78 is 23.7. The minimum Gasteiger partial charge on any atom is -1.00 e. The van der Waals surface area contributed by atoms with Gasteiger partial charge in [-0.2, -0.15) is 5.56 Å². The summed E-state index contributed by atoms with van der Waals surface area (Å²) in [5, 5.41) is 2.44. The summed E-state index contributed by atoms with van der Waals surface area (Å²) in [4.78, 5) is 0.257. The van der Waals surface area contributed by atoms with Crippen LogP contribution in [0.2, 0.25) is 0 Å². The Hall–Kier alpha value is -0.624. The van der Waals surface area contributed by atoms with Crippen molar-refractivity contribution < 1.29 is 25.4 Å². The Bertz CT molecular complexity index is 610. The molecule has 0 atom stereocenters. The van der Waals surface area contributed by atoms with Gasteiger partial charge in [0.05, 0.1) is 4.90 Å². The summed E-state index contributed by atoms with van der Waals surface area (Å²) in [7, 11) is -3.46. The molecule has 5 heteroatoms. The van der Waals surface area contributed by atoms with Crippen molar-refractivity contribution in [3.8, 4) is 0 Å². The van der Waals surface area contributed by atoms with Crippen molar-refractivity contribution in [1.82, 2.24) is 0 Å². The molecule has 19 heavy (non-hydrogen) atoms. The zero-order chi connectivity index (χ0) is 12.1. The van der Waals surface area contributed by atoms with E-state index in [9.17, 15) is 8.42 Å². The molecule has 0 spiro atoms. The normalized spacial score (nSPS) is 10.5. The van der Waals surface area contributed by atoms with Gasteiger partial charge in [0.1, 0.15) is 9.84 Å². The Kier molecular flexibility index (Phi) is 8.25. The quantitative estimate of drug-likeness (QED) is 0.557. The molecule has 0 N–H and O–H groups in total. The number of benzene rings is 2. The molecule has 2 aromatic carbocycles. The molecule has 0 heterocycles. The maximum Gasteiger partial charge on any atom is 2.00 e. The number of hydrogen-bond acceptors (Lipinski definition) is 2. The van der Waals surface area contributed by atoms with E-state index >= 15 is 0 Å². The molecule has 94 valence electrons. The van der Waals surface area contributed by atoms with Crippen LogP contribution in [0.3, 0.4) is 0 Å². The van der Waals surface area contributed by atoms with Gasteiger partial charge in [-0.15, -0.1) is 17.5 Å². The van der Waals surface area contributed by atoms with Gasteiger partial charge in [-0.3, -0.25) is 0 Å². The van der Waals surface area contributed by atoms with E-state index in [2.05, 4.69) is 5.41 Å². The van der Waals surface area contributed by atoms with E-state index < -0.39 is 9.84 Å². The second kappa shape index (κ2) is 8.53. The molecule has 0 amide bonds. The van der Waals surface area contributed by atoms with Gasteiger partial charge >= 0.3 is 23.1 Å². The van der Waals surface area contributed by atoms with Crippen LogP contribution >= 0.6 is 0 Å². The average Bonchev–Trinajstić information content (AvgIpc) is 2.39. The number of rotatable bonds is 3. The smallest absolute Gasteiger partial charge is 1.00 e. The largest absolute Gasteiger partial charge is 2.00 e. The first kappa shape index (κ1) is 18.4.